The first-order chi connectivity index (χ1) is 14.3. The summed E-state index contributed by atoms with van der Waals surface area (Å²) in [5.41, 5.74) is 5.48. The zero-order valence-corrected chi connectivity index (χ0v) is 18.2. The fourth-order valence-electron chi connectivity index (χ4n) is 4.43. The fraction of sp³-hybridized carbons (Fsp3) is 0.360. The number of rotatable bonds is 3. The first-order valence-electron chi connectivity index (χ1n) is 10.4. The van der Waals surface area contributed by atoms with Crippen LogP contribution in [0.2, 0.25) is 0 Å². The van der Waals surface area contributed by atoms with Crippen LogP contribution in [0.3, 0.4) is 0 Å². The van der Waals surface area contributed by atoms with Gasteiger partial charge in [0, 0.05) is 13.1 Å². The molecular formula is C25H28N2O3. The summed E-state index contributed by atoms with van der Waals surface area (Å²) < 4.78 is 5.86. The number of nitrogens with zero attached hydrogens (tertiary/aromatic N) is 2. The van der Waals surface area contributed by atoms with Crippen LogP contribution in [0.5, 0.6) is 0 Å². The van der Waals surface area contributed by atoms with Crippen molar-refractivity contribution in [2.24, 2.45) is 0 Å². The van der Waals surface area contributed by atoms with E-state index in [1.165, 1.54) is 4.90 Å². The lowest BCUT2D eigenvalue weighted by Gasteiger charge is -2.37. The Hall–Kier alpha value is -2.92. The van der Waals surface area contributed by atoms with Gasteiger partial charge >= 0.3 is 0 Å². The molecule has 2 unspecified atom stereocenters. The molecule has 2 aliphatic heterocycles. The van der Waals surface area contributed by atoms with Gasteiger partial charge < -0.3 is 9.64 Å². The average Bonchev–Trinajstić information content (AvgIpc) is 2.92. The molecule has 4 rings (SSSR count). The summed E-state index contributed by atoms with van der Waals surface area (Å²) in [4.78, 5) is 30.7. The maximum Gasteiger partial charge on any atom is 0.282 e. The minimum atomic E-state index is -0.266. The van der Waals surface area contributed by atoms with E-state index in [0.717, 1.165) is 22.3 Å². The predicted molar refractivity (Wildman–Crippen MR) is 118 cm³/mol. The van der Waals surface area contributed by atoms with Gasteiger partial charge in [0.25, 0.3) is 11.8 Å². The van der Waals surface area contributed by atoms with Crippen molar-refractivity contribution >= 4 is 23.1 Å². The van der Waals surface area contributed by atoms with E-state index in [1.807, 2.05) is 82.0 Å². The van der Waals surface area contributed by atoms with Crippen LogP contribution >= 0.6 is 0 Å². The Kier molecular flexibility index (Phi) is 5.24. The molecule has 2 heterocycles. The highest BCUT2D eigenvalue weighted by atomic mass is 16.5. The van der Waals surface area contributed by atoms with Crippen molar-refractivity contribution in [2.45, 2.75) is 46.8 Å². The summed E-state index contributed by atoms with van der Waals surface area (Å²) in [5.74, 6) is -0.526. The number of anilines is 1. The molecule has 2 aromatic rings. The molecule has 2 amide bonds. The number of carbonyl (C=O) groups is 2. The largest absolute Gasteiger partial charge is 0.372 e. The molecule has 156 valence electrons. The van der Waals surface area contributed by atoms with E-state index in [1.54, 1.807) is 0 Å². The van der Waals surface area contributed by atoms with Gasteiger partial charge in [0.1, 0.15) is 5.70 Å². The standard InChI is InChI=1S/C25H28N2O3/c1-15-6-9-20(10-7-15)22-23(26-13-18(4)30-19(5)14-26)25(29)27(24(22)28)21-11-8-16(2)12-17(21)3/h6-12,18-19H,13-14H2,1-5H3. The van der Waals surface area contributed by atoms with Crippen molar-refractivity contribution < 1.29 is 14.3 Å². The van der Waals surface area contributed by atoms with E-state index >= 15 is 0 Å². The molecule has 2 aromatic carbocycles. The second kappa shape index (κ2) is 7.73. The molecule has 30 heavy (non-hydrogen) atoms. The summed E-state index contributed by atoms with van der Waals surface area (Å²) in [6.45, 7) is 11.1. The predicted octanol–water partition coefficient (Wildman–Crippen LogP) is 4.01. The zero-order valence-electron chi connectivity index (χ0n) is 18.2. The van der Waals surface area contributed by atoms with Gasteiger partial charge in [-0.05, 0) is 51.8 Å². The van der Waals surface area contributed by atoms with E-state index in [4.69, 9.17) is 4.74 Å². The maximum absolute atomic E-state index is 13.7. The van der Waals surface area contributed by atoms with Gasteiger partial charge in [-0.3, -0.25) is 9.59 Å². The summed E-state index contributed by atoms with van der Waals surface area (Å²) in [6, 6.07) is 13.6. The minimum Gasteiger partial charge on any atom is -0.372 e. The lowest BCUT2D eigenvalue weighted by Crippen LogP contribution is -2.47. The molecule has 5 nitrogen and oxygen atoms in total. The number of amides is 2. The smallest absolute Gasteiger partial charge is 0.282 e. The number of ether oxygens (including phenoxy) is 1. The van der Waals surface area contributed by atoms with Crippen LogP contribution in [0.15, 0.2) is 48.2 Å². The number of carbonyl (C=O) groups excluding carboxylic acids is 2. The number of morpholine rings is 1. The first kappa shape index (κ1) is 20.4. The van der Waals surface area contributed by atoms with Crippen LogP contribution in [-0.2, 0) is 14.3 Å². The molecular weight excluding hydrogens is 376 g/mol. The van der Waals surface area contributed by atoms with Gasteiger partial charge in [-0.1, -0.05) is 47.5 Å². The van der Waals surface area contributed by atoms with Crippen molar-refractivity contribution in [3.05, 3.63) is 70.4 Å². The first-order valence-corrected chi connectivity index (χ1v) is 10.4. The van der Waals surface area contributed by atoms with Gasteiger partial charge in [0.05, 0.1) is 23.5 Å². The van der Waals surface area contributed by atoms with Crippen LogP contribution in [0.1, 0.15) is 36.1 Å². The third-order valence-corrected chi connectivity index (χ3v) is 5.73. The molecule has 0 bridgehead atoms. The van der Waals surface area contributed by atoms with Crippen molar-refractivity contribution in [2.75, 3.05) is 18.0 Å². The van der Waals surface area contributed by atoms with Crippen LogP contribution in [-0.4, -0.2) is 42.0 Å². The number of aryl methyl sites for hydroxylation is 3. The fourth-order valence-corrected chi connectivity index (χ4v) is 4.43. The Morgan fingerprint density at radius 3 is 2.03 bits per heavy atom. The zero-order chi connectivity index (χ0) is 21.6. The molecule has 0 N–H and O–H groups in total. The Labute approximate surface area is 177 Å². The molecule has 2 aliphatic rings. The van der Waals surface area contributed by atoms with Gasteiger partial charge in [0.15, 0.2) is 0 Å². The maximum atomic E-state index is 13.7. The molecule has 2 atom stereocenters. The summed E-state index contributed by atoms with van der Waals surface area (Å²) in [5, 5.41) is 0. The quantitative estimate of drug-likeness (QED) is 0.726. The molecule has 1 fully saturated rings. The van der Waals surface area contributed by atoms with Crippen LogP contribution in [0.25, 0.3) is 5.57 Å². The Morgan fingerprint density at radius 2 is 1.43 bits per heavy atom. The van der Waals surface area contributed by atoms with Gasteiger partial charge in [0.2, 0.25) is 0 Å². The van der Waals surface area contributed by atoms with Crippen molar-refractivity contribution in [3.8, 4) is 0 Å². The number of imide groups is 1. The topological polar surface area (TPSA) is 49.9 Å². The lowest BCUT2D eigenvalue weighted by atomic mass is 10.0. The monoisotopic (exact) mass is 404 g/mol. The van der Waals surface area contributed by atoms with E-state index in [9.17, 15) is 9.59 Å². The van der Waals surface area contributed by atoms with Crippen LogP contribution < -0.4 is 4.90 Å². The van der Waals surface area contributed by atoms with E-state index < -0.39 is 0 Å². The molecule has 0 aliphatic carbocycles. The van der Waals surface area contributed by atoms with E-state index in [2.05, 4.69) is 0 Å². The van der Waals surface area contributed by atoms with Gasteiger partial charge in [-0.2, -0.15) is 0 Å². The third kappa shape index (κ3) is 3.54. The lowest BCUT2D eigenvalue weighted by molar-refractivity contribution is -0.121. The molecule has 0 aromatic heterocycles. The SMILES string of the molecule is Cc1ccc(C2=C(N3CC(C)OC(C)C3)C(=O)N(c3ccc(C)cc3C)C2=O)cc1. The normalized spacial score (nSPS) is 22.3. The number of hydrogen-bond acceptors (Lipinski definition) is 4. The summed E-state index contributed by atoms with van der Waals surface area (Å²) in [6.07, 6.45) is -0.0304. The van der Waals surface area contributed by atoms with Crippen molar-refractivity contribution in [3.63, 3.8) is 0 Å². The van der Waals surface area contributed by atoms with Crippen LogP contribution in [0.4, 0.5) is 5.69 Å². The summed E-state index contributed by atoms with van der Waals surface area (Å²) >= 11 is 0. The molecule has 0 radical (unpaired) electrons. The second-order valence-electron chi connectivity index (χ2n) is 8.49. The van der Waals surface area contributed by atoms with Crippen LogP contribution in [0, 0.1) is 20.8 Å². The van der Waals surface area contributed by atoms with E-state index in [-0.39, 0.29) is 24.0 Å². The third-order valence-electron chi connectivity index (χ3n) is 5.73. The minimum absolute atomic E-state index is 0.0152. The highest BCUT2D eigenvalue weighted by Crippen LogP contribution is 2.37. The molecule has 5 heteroatoms. The van der Waals surface area contributed by atoms with Crippen molar-refractivity contribution in [1.82, 2.24) is 4.90 Å². The second-order valence-corrected chi connectivity index (χ2v) is 8.49. The number of benzene rings is 2. The Balaban J connectivity index is 1.85. The molecule has 0 spiro atoms. The van der Waals surface area contributed by atoms with Crippen molar-refractivity contribution in [1.29, 1.82) is 0 Å². The van der Waals surface area contributed by atoms with Gasteiger partial charge in [-0.15, -0.1) is 0 Å². The van der Waals surface area contributed by atoms with E-state index in [0.29, 0.717) is 30.0 Å². The Bertz CT molecular complexity index is 1030. The van der Waals surface area contributed by atoms with Gasteiger partial charge in [-0.25, -0.2) is 4.90 Å². The number of hydrogen-bond donors (Lipinski definition) is 0. The average molecular weight is 405 g/mol. The molecule has 1 saturated heterocycles. The highest BCUT2D eigenvalue weighted by Gasteiger charge is 2.44. The molecule has 0 saturated carbocycles. The highest BCUT2D eigenvalue weighted by molar-refractivity contribution is 6.45. The Morgan fingerprint density at radius 1 is 0.833 bits per heavy atom. The summed E-state index contributed by atoms with van der Waals surface area (Å²) in [7, 11) is 0.